The highest BCUT2D eigenvalue weighted by atomic mass is 19.1. The van der Waals surface area contributed by atoms with Crippen molar-refractivity contribution in [2.45, 2.75) is 32.2 Å². The maximum atomic E-state index is 14.0. The Kier molecular flexibility index (Phi) is 5.24. The third-order valence-electron chi connectivity index (χ3n) is 5.48. The number of rotatable bonds is 4. The minimum absolute atomic E-state index is 0.0272. The lowest BCUT2D eigenvalue weighted by Crippen LogP contribution is -2.39. The zero-order chi connectivity index (χ0) is 19.5. The van der Waals surface area contributed by atoms with Gasteiger partial charge in [-0.05, 0) is 43.5 Å². The molecule has 144 valence electrons. The van der Waals surface area contributed by atoms with Crippen molar-refractivity contribution in [3.05, 3.63) is 78.1 Å². The molecule has 4 rings (SSSR count). The van der Waals surface area contributed by atoms with Crippen molar-refractivity contribution in [3.8, 4) is 11.1 Å². The Morgan fingerprint density at radius 2 is 1.96 bits per heavy atom. The summed E-state index contributed by atoms with van der Waals surface area (Å²) in [6.45, 7) is 4.44. The van der Waals surface area contributed by atoms with Crippen molar-refractivity contribution in [2.24, 2.45) is 0 Å². The van der Waals surface area contributed by atoms with Gasteiger partial charge in [-0.15, -0.1) is 0 Å². The second kappa shape index (κ2) is 7.97. The number of imidazole rings is 1. The quantitative estimate of drug-likeness (QED) is 0.659. The standard InChI is InChI=1S/C23H24FN3O/c1-2-26-15-13-25-22(26)19-6-5-14-27(16-19)23(28)18-11-9-17(10-12-18)20-7-3-4-8-21(20)24/h3-4,7-13,15,19H,2,5-6,14,16H2,1H3. The highest BCUT2D eigenvalue weighted by Crippen LogP contribution is 2.28. The van der Waals surface area contributed by atoms with Gasteiger partial charge in [0.2, 0.25) is 0 Å². The van der Waals surface area contributed by atoms with Gasteiger partial charge in [-0.25, -0.2) is 9.37 Å². The van der Waals surface area contributed by atoms with Crippen LogP contribution >= 0.6 is 0 Å². The molecule has 1 saturated heterocycles. The number of hydrogen-bond acceptors (Lipinski definition) is 2. The summed E-state index contributed by atoms with van der Waals surface area (Å²) in [4.78, 5) is 19.4. The lowest BCUT2D eigenvalue weighted by molar-refractivity contribution is 0.0703. The first-order chi connectivity index (χ1) is 13.7. The molecule has 0 aliphatic carbocycles. The number of likely N-dealkylation sites (tertiary alicyclic amines) is 1. The Morgan fingerprint density at radius 1 is 1.18 bits per heavy atom. The minimum Gasteiger partial charge on any atom is -0.338 e. The molecule has 2 aromatic carbocycles. The van der Waals surface area contributed by atoms with Crippen molar-refractivity contribution in [1.82, 2.24) is 14.5 Å². The predicted molar refractivity (Wildman–Crippen MR) is 108 cm³/mol. The Hall–Kier alpha value is -2.95. The van der Waals surface area contributed by atoms with Gasteiger partial charge < -0.3 is 9.47 Å². The van der Waals surface area contributed by atoms with E-state index in [1.165, 1.54) is 6.07 Å². The average Bonchev–Trinajstić information content (AvgIpc) is 3.23. The molecule has 1 aliphatic heterocycles. The first-order valence-corrected chi connectivity index (χ1v) is 9.82. The second-order valence-electron chi connectivity index (χ2n) is 7.22. The summed E-state index contributed by atoms with van der Waals surface area (Å²) in [6, 6.07) is 13.9. The van der Waals surface area contributed by atoms with E-state index in [0.29, 0.717) is 17.7 Å². The summed E-state index contributed by atoms with van der Waals surface area (Å²) in [5.74, 6) is 1.10. The molecule has 0 saturated carbocycles. The van der Waals surface area contributed by atoms with Gasteiger partial charge >= 0.3 is 0 Å². The third-order valence-corrected chi connectivity index (χ3v) is 5.48. The van der Waals surface area contributed by atoms with Crippen LogP contribution in [0.15, 0.2) is 60.9 Å². The monoisotopic (exact) mass is 377 g/mol. The maximum absolute atomic E-state index is 14.0. The molecule has 1 amide bonds. The number of carbonyl (C=O) groups excluding carboxylic acids is 1. The van der Waals surface area contributed by atoms with Crippen LogP contribution in [0.2, 0.25) is 0 Å². The molecule has 28 heavy (non-hydrogen) atoms. The van der Waals surface area contributed by atoms with Crippen molar-refractivity contribution in [2.75, 3.05) is 13.1 Å². The first-order valence-electron chi connectivity index (χ1n) is 9.82. The molecule has 1 aromatic heterocycles. The normalized spacial score (nSPS) is 16.9. The zero-order valence-corrected chi connectivity index (χ0v) is 16.0. The minimum atomic E-state index is -0.258. The van der Waals surface area contributed by atoms with E-state index in [2.05, 4.69) is 16.5 Å². The van der Waals surface area contributed by atoms with Crippen LogP contribution in [-0.4, -0.2) is 33.4 Å². The van der Waals surface area contributed by atoms with Crippen LogP contribution in [0.25, 0.3) is 11.1 Å². The smallest absolute Gasteiger partial charge is 0.253 e. The number of carbonyl (C=O) groups is 1. The molecular formula is C23H24FN3O. The topological polar surface area (TPSA) is 38.1 Å². The lowest BCUT2D eigenvalue weighted by Gasteiger charge is -2.32. The molecule has 1 aliphatic rings. The predicted octanol–water partition coefficient (Wildman–Crippen LogP) is 4.73. The number of aromatic nitrogens is 2. The first kappa shape index (κ1) is 18.4. The van der Waals surface area contributed by atoms with E-state index >= 15 is 0 Å². The molecule has 0 radical (unpaired) electrons. The van der Waals surface area contributed by atoms with Gasteiger partial charge in [-0.3, -0.25) is 4.79 Å². The molecular weight excluding hydrogens is 353 g/mol. The fourth-order valence-corrected chi connectivity index (χ4v) is 3.99. The highest BCUT2D eigenvalue weighted by molar-refractivity contribution is 5.94. The summed E-state index contributed by atoms with van der Waals surface area (Å²) < 4.78 is 16.1. The van der Waals surface area contributed by atoms with E-state index in [9.17, 15) is 9.18 Å². The SMILES string of the molecule is CCn1ccnc1C1CCCN(C(=O)c2ccc(-c3ccccc3F)cc2)C1. The van der Waals surface area contributed by atoms with Crippen LogP contribution in [0.4, 0.5) is 4.39 Å². The van der Waals surface area contributed by atoms with Crippen LogP contribution in [0.3, 0.4) is 0 Å². The van der Waals surface area contributed by atoms with Gasteiger partial charge in [0.05, 0.1) is 0 Å². The molecule has 1 unspecified atom stereocenters. The van der Waals surface area contributed by atoms with Crippen LogP contribution in [-0.2, 0) is 6.54 Å². The van der Waals surface area contributed by atoms with Gasteiger partial charge in [0.25, 0.3) is 5.91 Å². The molecule has 5 heteroatoms. The van der Waals surface area contributed by atoms with Crippen molar-refractivity contribution in [1.29, 1.82) is 0 Å². The molecule has 0 bridgehead atoms. The fourth-order valence-electron chi connectivity index (χ4n) is 3.99. The maximum Gasteiger partial charge on any atom is 0.253 e. The van der Waals surface area contributed by atoms with Gasteiger partial charge in [-0.1, -0.05) is 30.3 Å². The van der Waals surface area contributed by atoms with Gasteiger partial charge in [0, 0.05) is 49.1 Å². The summed E-state index contributed by atoms with van der Waals surface area (Å²) in [7, 11) is 0. The number of aryl methyl sites for hydroxylation is 1. The van der Waals surface area contributed by atoms with Gasteiger partial charge in [0.1, 0.15) is 11.6 Å². The molecule has 4 nitrogen and oxygen atoms in total. The van der Waals surface area contributed by atoms with Crippen LogP contribution in [0, 0.1) is 5.82 Å². The summed E-state index contributed by atoms with van der Waals surface area (Å²) in [6.07, 6.45) is 5.85. The van der Waals surface area contributed by atoms with E-state index < -0.39 is 0 Å². The van der Waals surface area contributed by atoms with Crippen LogP contribution < -0.4 is 0 Å². The summed E-state index contributed by atoms with van der Waals surface area (Å²) in [5, 5.41) is 0. The van der Waals surface area contributed by atoms with E-state index in [0.717, 1.165) is 37.3 Å². The largest absolute Gasteiger partial charge is 0.338 e. The van der Waals surface area contributed by atoms with Crippen molar-refractivity contribution >= 4 is 5.91 Å². The van der Waals surface area contributed by atoms with E-state index in [1.54, 1.807) is 24.3 Å². The second-order valence-corrected chi connectivity index (χ2v) is 7.22. The summed E-state index contributed by atoms with van der Waals surface area (Å²) >= 11 is 0. The lowest BCUT2D eigenvalue weighted by atomic mass is 9.96. The number of hydrogen-bond donors (Lipinski definition) is 0. The number of piperidine rings is 1. The van der Waals surface area contributed by atoms with Gasteiger partial charge in [0.15, 0.2) is 0 Å². The van der Waals surface area contributed by atoms with Gasteiger partial charge in [-0.2, -0.15) is 0 Å². The Balaban J connectivity index is 1.50. The number of nitrogens with zero attached hydrogens (tertiary/aromatic N) is 3. The number of amides is 1. The van der Waals surface area contributed by atoms with E-state index in [1.807, 2.05) is 35.5 Å². The third kappa shape index (κ3) is 3.57. The molecule has 2 heterocycles. The molecule has 3 aromatic rings. The zero-order valence-electron chi connectivity index (χ0n) is 16.0. The molecule has 0 N–H and O–H groups in total. The van der Waals surface area contributed by atoms with Crippen LogP contribution in [0.5, 0.6) is 0 Å². The Labute approximate surface area is 164 Å². The highest BCUT2D eigenvalue weighted by Gasteiger charge is 2.27. The Morgan fingerprint density at radius 3 is 2.71 bits per heavy atom. The van der Waals surface area contributed by atoms with E-state index in [-0.39, 0.29) is 17.6 Å². The molecule has 0 spiro atoms. The number of benzene rings is 2. The van der Waals surface area contributed by atoms with Crippen LogP contribution in [0.1, 0.15) is 41.9 Å². The molecule has 1 fully saturated rings. The van der Waals surface area contributed by atoms with Crippen molar-refractivity contribution in [3.63, 3.8) is 0 Å². The Bertz CT molecular complexity index is 964. The summed E-state index contributed by atoms with van der Waals surface area (Å²) in [5.41, 5.74) is 1.96. The fraction of sp³-hybridized carbons (Fsp3) is 0.304. The molecule has 1 atom stereocenters. The average molecular weight is 377 g/mol. The number of halogens is 1. The van der Waals surface area contributed by atoms with E-state index in [4.69, 9.17) is 0 Å². The van der Waals surface area contributed by atoms with Crippen molar-refractivity contribution < 1.29 is 9.18 Å².